The summed E-state index contributed by atoms with van der Waals surface area (Å²) in [6.45, 7) is 10.1. The molecule has 1 aliphatic carbocycles. The Hall–Kier alpha value is -2.76. The first kappa shape index (κ1) is 29.3. The Morgan fingerprint density at radius 3 is 2.57 bits per heavy atom. The fourth-order valence-electron chi connectivity index (χ4n) is 8.20. The number of alkyl halides is 1. The molecule has 1 aromatic carbocycles. The lowest BCUT2D eigenvalue weighted by Crippen LogP contribution is -2.67. The fraction of sp³-hybridized carbons (Fsp3) is 0.677. The number of amides is 2. The number of benzene rings is 1. The molecule has 0 bridgehead atoms. The number of carbonyl (C=O) groups is 2. The molecule has 42 heavy (non-hydrogen) atoms. The van der Waals surface area contributed by atoms with Gasteiger partial charge < -0.3 is 31.0 Å². The zero-order valence-corrected chi connectivity index (χ0v) is 24.7. The predicted molar refractivity (Wildman–Crippen MR) is 156 cm³/mol. The number of aromatic hydroxyl groups is 1. The van der Waals surface area contributed by atoms with Crippen molar-refractivity contribution >= 4 is 17.5 Å². The quantitative estimate of drug-likeness (QED) is 0.392. The lowest BCUT2D eigenvalue weighted by molar-refractivity contribution is -0.145. The maximum atomic E-state index is 15.2. The van der Waals surface area contributed by atoms with Gasteiger partial charge in [-0.3, -0.25) is 9.59 Å². The van der Waals surface area contributed by atoms with Crippen LogP contribution in [0.15, 0.2) is 24.8 Å². The molecule has 4 saturated heterocycles. The number of likely N-dealkylation sites (tertiary alicyclic amines) is 2. The van der Waals surface area contributed by atoms with E-state index in [-0.39, 0.29) is 60.0 Å². The first-order chi connectivity index (χ1) is 19.9. The molecule has 5 aliphatic rings. The van der Waals surface area contributed by atoms with Crippen molar-refractivity contribution in [2.75, 3.05) is 31.2 Å². The van der Waals surface area contributed by atoms with E-state index in [0.717, 1.165) is 12.8 Å². The van der Waals surface area contributed by atoms with E-state index >= 15 is 4.39 Å². The standard InChI is InChI=1S/C31H44F2N6O3/c1-5-24(40)37-12-10-20-25-21(39(36-20)22-9-8-18(17-6-7-17)26(32)28(22)41)11-13-38(23(25)15-37)30(42)19-14-35-29(31(3,4)33)16(2)27(19)34/h5,8-9,16-17,19-21,23,25,27,29,35-36,41H,1,6-7,10-15,34H2,2-4H3/t16?,19?,20?,21?,23-,25?,27?,29?/m0/s1. The van der Waals surface area contributed by atoms with E-state index in [1.165, 1.54) is 19.9 Å². The number of nitrogens with two attached hydrogens (primary N) is 1. The summed E-state index contributed by atoms with van der Waals surface area (Å²) in [4.78, 5) is 30.7. The molecule has 0 radical (unpaired) electrons. The molecule has 8 atom stereocenters. The van der Waals surface area contributed by atoms with Gasteiger partial charge in [0.2, 0.25) is 11.8 Å². The Balaban J connectivity index is 1.29. The molecule has 4 heterocycles. The molecule has 1 saturated carbocycles. The smallest absolute Gasteiger partial charge is 0.246 e. The van der Waals surface area contributed by atoms with Crippen LogP contribution in [0.2, 0.25) is 0 Å². The zero-order chi connectivity index (χ0) is 30.1. The SMILES string of the molecule is C=CC(=O)N1CCC2NN(c3ccc(C4CC4)c(F)c3O)C3CCN(C(=O)C4CNC(C(C)(C)F)C(C)C4N)[C@@H](C1)C23. The predicted octanol–water partition coefficient (Wildman–Crippen LogP) is 2.41. The van der Waals surface area contributed by atoms with Gasteiger partial charge in [0.1, 0.15) is 5.67 Å². The van der Waals surface area contributed by atoms with Crippen LogP contribution in [0.1, 0.15) is 57.9 Å². The van der Waals surface area contributed by atoms with E-state index in [1.807, 2.05) is 16.8 Å². The number of hydrogen-bond acceptors (Lipinski definition) is 7. The molecule has 11 heteroatoms. The van der Waals surface area contributed by atoms with Crippen LogP contribution in [0, 0.1) is 23.6 Å². The van der Waals surface area contributed by atoms with Gasteiger partial charge in [-0.1, -0.05) is 19.6 Å². The van der Waals surface area contributed by atoms with Gasteiger partial charge in [0, 0.05) is 50.2 Å². The van der Waals surface area contributed by atoms with Crippen LogP contribution in [-0.2, 0) is 9.59 Å². The van der Waals surface area contributed by atoms with Crippen LogP contribution >= 0.6 is 0 Å². The highest BCUT2D eigenvalue weighted by Gasteiger charge is 2.55. The lowest BCUT2D eigenvalue weighted by atomic mass is 9.74. The third-order valence-corrected chi connectivity index (χ3v) is 10.6. The molecule has 4 aliphatic heterocycles. The normalized spacial score (nSPS) is 35.0. The fourth-order valence-corrected chi connectivity index (χ4v) is 8.20. The topological polar surface area (TPSA) is 114 Å². The minimum atomic E-state index is -1.48. The second-order valence-corrected chi connectivity index (χ2v) is 13.5. The first-order valence-corrected chi connectivity index (χ1v) is 15.4. The summed E-state index contributed by atoms with van der Waals surface area (Å²) in [5, 5.41) is 16.1. The molecular formula is C31H44F2N6O3. The lowest BCUT2D eigenvalue weighted by Gasteiger charge is -2.49. The van der Waals surface area contributed by atoms with Crippen molar-refractivity contribution in [3.63, 3.8) is 0 Å². The van der Waals surface area contributed by atoms with Gasteiger partial charge in [0.05, 0.1) is 23.7 Å². The molecular weight excluding hydrogens is 542 g/mol. The van der Waals surface area contributed by atoms with Crippen LogP contribution in [0.25, 0.3) is 0 Å². The maximum absolute atomic E-state index is 15.2. The van der Waals surface area contributed by atoms with Gasteiger partial charge in [-0.25, -0.2) is 14.2 Å². The molecule has 0 aromatic heterocycles. The number of hydrogen-bond donors (Lipinski definition) is 4. The number of nitrogens with zero attached hydrogens (tertiary/aromatic N) is 3. The van der Waals surface area contributed by atoms with Crippen molar-refractivity contribution in [3.8, 4) is 5.75 Å². The number of carbonyl (C=O) groups excluding carboxylic acids is 2. The molecule has 5 fully saturated rings. The average molecular weight is 587 g/mol. The van der Waals surface area contributed by atoms with E-state index in [4.69, 9.17) is 5.73 Å². The molecule has 7 unspecified atom stereocenters. The van der Waals surface area contributed by atoms with Gasteiger partial charge in [-0.2, -0.15) is 0 Å². The largest absolute Gasteiger partial charge is 0.503 e. The first-order valence-electron chi connectivity index (χ1n) is 15.4. The van der Waals surface area contributed by atoms with Crippen LogP contribution < -0.4 is 21.5 Å². The summed E-state index contributed by atoms with van der Waals surface area (Å²) in [5.74, 6) is -1.87. The minimum absolute atomic E-state index is 0.0707. The third-order valence-electron chi connectivity index (χ3n) is 10.6. The second-order valence-electron chi connectivity index (χ2n) is 13.5. The van der Waals surface area contributed by atoms with E-state index in [1.54, 1.807) is 17.0 Å². The number of anilines is 1. The van der Waals surface area contributed by atoms with E-state index in [2.05, 4.69) is 17.3 Å². The molecule has 6 rings (SSSR count). The van der Waals surface area contributed by atoms with Crippen molar-refractivity contribution in [2.45, 2.75) is 88.3 Å². The Kier molecular flexibility index (Phi) is 7.50. The van der Waals surface area contributed by atoms with Gasteiger partial charge in [-0.05, 0) is 69.1 Å². The summed E-state index contributed by atoms with van der Waals surface area (Å²) in [6, 6.07) is 2.06. The summed E-state index contributed by atoms with van der Waals surface area (Å²) < 4.78 is 30.1. The Bertz CT molecular complexity index is 1250. The van der Waals surface area contributed by atoms with Crippen molar-refractivity contribution < 1.29 is 23.5 Å². The van der Waals surface area contributed by atoms with E-state index < -0.39 is 29.5 Å². The summed E-state index contributed by atoms with van der Waals surface area (Å²) >= 11 is 0. The van der Waals surface area contributed by atoms with Crippen LogP contribution in [0.3, 0.4) is 0 Å². The van der Waals surface area contributed by atoms with Crippen LogP contribution in [0.4, 0.5) is 14.5 Å². The molecule has 2 amide bonds. The Labute approximate surface area is 246 Å². The highest BCUT2D eigenvalue weighted by Crippen LogP contribution is 2.47. The van der Waals surface area contributed by atoms with Crippen molar-refractivity contribution in [3.05, 3.63) is 36.2 Å². The minimum Gasteiger partial charge on any atom is -0.503 e. The van der Waals surface area contributed by atoms with E-state index in [0.29, 0.717) is 43.7 Å². The molecule has 0 spiro atoms. The third kappa shape index (κ3) is 4.87. The average Bonchev–Trinajstić information content (AvgIpc) is 3.75. The van der Waals surface area contributed by atoms with Crippen LogP contribution in [0.5, 0.6) is 5.75 Å². The number of rotatable bonds is 5. The summed E-state index contributed by atoms with van der Waals surface area (Å²) in [5.41, 5.74) is 9.65. The molecule has 1 aromatic rings. The highest BCUT2D eigenvalue weighted by molar-refractivity contribution is 5.87. The number of phenols is 1. The number of nitrogens with one attached hydrogen (secondary N) is 2. The number of phenolic OH excluding ortho intramolecular Hbond substituents is 1. The van der Waals surface area contributed by atoms with Crippen molar-refractivity contribution in [1.82, 2.24) is 20.5 Å². The molecule has 230 valence electrons. The number of halogens is 2. The van der Waals surface area contributed by atoms with Gasteiger partial charge in [-0.15, -0.1) is 0 Å². The van der Waals surface area contributed by atoms with Gasteiger partial charge in [0.25, 0.3) is 0 Å². The Morgan fingerprint density at radius 2 is 1.90 bits per heavy atom. The van der Waals surface area contributed by atoms with Crippen molar-refractivity contribution in [1.29, 1.82) is 0 Å². The zero-order valence-electron chi connectivity index (χ0n) is 24.7. The monoisotopic (exact) mass is 586 g/mol. The summed E-state index contributed by atoms with van der Waals surface area (Å²) in [7, 11) is 0. The molecule has 5 N–H and O–H groups in total. The number of hydrazine groups is 1. The van der Waals surface area contributed by atoms with Crippen molar-refractivity contribution in [2.24, 2.45) is 23.5 Å². The molecule has 9 nitrogen and oxygen atoms in total. The van der Waals surface area contributed by atoms with Gasteiger partial charge in [0.15, 0.2) is 11.6 Å². The van der Waals surface area contributed by atoms with Gasteiger partial charge >= 0.3 is 0 Å². The highest BCUT2D eigenvalue weighted by atomic mass is 19.1. The summed E-state index contributed by atoms with van der Waals surface area (Å²) in [6.07, 6.45) is 4.40. The number of piperidine rings is 2. The Morgan fingerprint density at radius 1 is 1.17 bits per heavy atom. The maximum Gasteiger partial charge on any atom is 0.246 e. The van der Waals surface area contributed by atoms with Crippen LogP contribution in [-0.4, -0.2) is 88.8 Å². The van der Waals surface area contributed by atoms with E-state index in [9.17, 15) is 19.1 Å². The second kappa shape index (κ2) is 10.7.